The van der Waals surface area contributed by atoms with Crippen LogP contribution in [0.5, 0.6) is 0 Å². The van der Waals surface area contributed by atoms with Crippen molar-refractivity contribution >= 4 is 17.2 Å². The monoisotopic (exact) mass is 403 g/mol. The second-order valence-corrected chi connectivity index (χ2v) is 8.85. The third-order valence-electron chi connectivity index (χ3n) is 6.17. The Kier molecular flexibility index (Phi) is 5.17. The molecule has 0 aliphatic carbocycles. The summed E-state index contributed by atoms with van der Waals surface area (Å²) in [6, 6.07) is 19.2. The minimum absolute atomic E-state index is 0.0610. The number of piperidine rings is 1. The van der Waals surface area contributed by atoms with E-state index in [2.05, 4.69) is 34.1 Å². The van der Waals surface area contributed by atoms with E-state index in [9.17, 15) is 4.79 Å². The first kappa shape index (κ1) is 18.5. The summed E-state index contributed by atoms with van der Waals surface area (Å²) in [5.41, 5.74) is 4.40. The van der Waals surface area contributed by atoms with Gasteiger partial charge in [-0.2, -0.15) is 0 Å². The second-order valence-electron chi connectivity index (χ2n) is 7.90. The van der Waals surface area contributed by atoms with Crippen LogP contribution in [-0.4, -0.2) is 46.4 Å². The molecule has 0 atom stereocenters. The van der Waals surface area contributed by atoms with Crippen LogP contribution in [0.4, 0.5) is 0 Å². The highest BCUT2D eigenvalue weighted by Gasteiger charge is 2.29. The number of benzene rings is 1. The molecule has 0 saturated carbocycles. The third kappa shape index (κ3) is 3.85. The molecule has 0 unspecified atom stereocenters. The van der Waals surface area contributed by atoms with Gasteiger partial charge in [0.1, 0.15) is 5.69 Å². The number of thiophene rings is 1. The molecule has 148 valence electrons. The zero-order chi connectivity index (χ0) is 19.6. The minimum atomic E-state index is 0.0610. The van der Waals surface area contributed by atoms with Crippen LogP contribution in [-0.2, 0) is 13.0 Å². The molecule has 1 aromatic carbocycles. The molecule has 0 radical (unpaired) electrons. The third-order valence-corrected chi connectivity index (χ3v) is 7.06. The molecule has 2 aliphatic rings. The van der Waals surface area contributed by atoms with Crippen molar-refractivity contribution in [3.63, 3.8) is 0 Å². The molecule has 5 rings (SSSR count). The maximum atomic E-state index is 13.0. The zero-order valence-electron chi connectivity index (χ0n) is 16.5. The van der Waals surface area contributed by atoms with Gasteiger partial charge < -0.3 is 4.90 Å². The molecule has 2 aromatic heterocycles. The maximum absolute atomic E-state index is 13.0. The van der Waals surface area contributed by atoms with Gasteiger partial charge in [-0.1, -0.05) is 36.4 Å². The first-order valence-electron chi connectivity index (χ1n) is 10.4. The summed E-state index contributed by atoms with van der Waals surface area (Å²) in [6.45, 7) is 3.79. The highest BCUT2D eigenvalue weighted by Crippen LogP contribution is 2.26. The molecule has 4 nitrogen and oxygen atoms in total. The largest absolute Gasteiger partial charge is 0.337 e. The van der Waals surface area contributed by atoms with E-state index in [0.717, 1.165) is 56.0 Å². The molecule has 3 aromatic rings. The Morgan fingerprint density at radius 2 is 1.76 bits per heavy atom. The fourth-order valence-electron chi connectivity index (χ4n) is 4.54. The smallest absolute Gasteiger partial charge is 0.272 e. The lowest BCUT2D eigenvalue weighted by molar-refractivity contribution is 0.0594. The van der Waals surface area contributed by atoms with Crippen LogP contribution < -0.4 is 0 Å². The maximum Gasteiger partial charge on any atom is 0.272 e. The average molecular weight is 404 g/mol. The van der Waals surface area contributed by atoms with Crippen LogP contribution in [0.25, 0.3) is 10.6 Å². The number of aromatic nitrogens is 1. The Morgan fingerprint density at radius 1 is 0.931 bits per heavy atom. The molecule has 2 aliphatic heterocycles. The van der Waals surface area contributed by atoms with Crippen LogP contribution >= 0.6 is 11.3 Å². The highest BCUT2D eigenvalue weighted by molar-refractivity contribution is 7.13. The topological polar surface area (TPSA) is 36.4 Å². The summed E-state index contributed by atoms with van der Waals surface area (Å²) in [7, 11) is 0. The van der Waals surface area contributed by atoms with Crippen molar-refractivity contribution < 1.29 is 4.79 Å². The quantitative estimate of drug-likeness (QED) is 0.647. The van der Waals surface area contributed by atoms with Gasteiger partial charge in [-0.05, 0) is 54.0 Å². The van der Waals surface area contributed by atoms with Gasteiger partial charge in [-0.3, -0.25) is 9.69 Å². The van der Waals surface area contributed by atoms with Crippen LogP contribution in [0.15, 0.2) is 60.0 Å². The van der Waals surface area contributed by atoms with E-state index < -0.39 is 0 Å². The summed E-state index contributed by atoms with van der Waals surface area (Å²) in [5.74, 6) is 0.0610. The summed E-state index contributed by atoms with van der Waals surface area (Å²) in [5, 5.41) is 2.04. The van der Waals surface area contributed by atoms with Crippen molar-refractivity contribution in [1.29, 1.82) is 0 Å². The average Bonchev–Trinajstić information content (AvgIpc) is 3.34. The van der Waals surface area contributed by atoms with Crippen LogP contribution in [0.2, 0.25) is 0 Å². The molecule has 0 N–H and O–H groups in total. The molecular formula is C24H25N3OS. The lowest BCUT2D eigenvalue weighted by Gasteiger charge is -2.40. The summed E-state index contributed by atoms with van der Waals surface area (Å²) >= 11 is 1.65. The van der Waals surface area contributed by atoms with E-state index in [4.69, 9.17) is 0 Å². The van der Waals surface area contributed by atoms with E-state index in [-0.39, 0.29) is 5.91 Å². The van der Waals surface area contributed by atoms with E-state index in [1.807, 2.05) is 40.6 Å². The lowest BCUT2D eigenvalue weighted by Crippen LogP contribution is -2.48. The SMILES string of the molecule is O=C(c1cccc(-c2cccs2)n1)N1CCC(N2CCc3ccccc3C2)CC1. The van der Waals surface area contributed by atoms with E-state index in [1.165, 1.54) is 11.1 Å². The first-order valence-corrected chi connectivity index (χ1v) is 11.3. The lowest BCUT2D eigenvalue weighted by atomic mass is 9.95. The van der Waals surface area contributed by atoms with Crippen molar-refractivity contribution in [3.8, 4) is 10.6 Å². The van der Waals surface area contributed by atoms with Crippen molar-refractivity contribution in [2.45, 2.75) is 31.8 Å². The molecule has 1 saturated heterocycles. The number of nitrogens with zero attached hydrogens (tertiary/aromatic N) is 3. The standard InChI is InChI=1S/C24H25N3OS/c28-24(22-8-3-7-21(25-22)23-9-4-16-29-23)26-14-11-20(12-15-26)27-13-10-18-5-1-2-6-19(18)17-27/h1-9,16,20H,10-15,17H2. The Hall–Kier alpha value is -2.50. The summed E-state index contributed by atoms with van der Waals surface area (Å²) in [4.78, 5) is 23.3. The Bertz CT molecular complexity index is 993. The zero-order valence-corrected chi connectivity index (χ0v) is 17.3. The number of amides is 1. The van der Waals surface area contributed by atoms with E-state index in [1.54, 1.807) is 11.3 Å². The Morgan fingerprint density at radius 3 is 2.55 bits per heavy atom. The van der Waals surface area contributed by atoms with Gasteiger partial charge >= 0.3 is 0 Å². The number of carbonyl (C=O) groups excluding carboxylic acids is 1. The fourth-order valence-corrected chi connectivity index (χ4v) is 5.24. The number of hydrogen-bond acceptors (Lipinski definition) is 4. The van der Waals surface area contributed by atoms with Crippen molar-refractivity contribution in [2.24, 2.45) is 0 Å². The number of hydrogen-bond donors (Lipinski definition) is 0. The van der Waals surface area contributed by atoms with E-state index in [0.29, 0.717) is 11.7 Å². The van der Waals surface area contributed by atoms with Crippen LogP contribution in [0.3, 0.4) is 0 Å². The number of likely N-dealkylation sites (tertiary alicyclic amines) is 1. The number of rotatable bonds is 3. The molecule has 0 spiro atoms. The van der Waals surface area contributed by atoms with Crippen molar-refractivity contribution in [2.75, 3.05) is 19.6 Å². The Balaban J connectivity index is 1.22. The highest BCUT2D eigenvalue weighted by atomic mass is 32.1. The predicted molar refractivity (Wildman–Crippen MR) is 117 cm³/mol. The van der Waals surface area contributed by atoms with Crippen LogP contribution in [0, 0.1) is 0 Å². The second kappa shape index (κ2) is 8.09. The number of fused-ring (bicyclic) bond motifs is 1. The summed E-state index contributed by atoms with van der Waals surface area (Å²) < 4.78 is 0. The summed E-state index contributed by atoms with van der Waals surface area (Å²) in [6.07, 6.45) is 3.21. The van der Waals surface area contributed by atoms with E-state index >= 15 is 0 Å². The minimum Gasteiger partial charge on any atom is -0.337 e. The van der Waals surface area contributed by atoms with Gasteiger partial charge in [0.15, 0.2) is 0 Å². The van der Waals surface area contributed by atoms with Gasteiger partial charge in [0.2, 0.25) is 0 Å². The van der Waals surface area contributed by atoms with Crippen molar-refractivity contribution in [1.82, 2.24) is 14.8 Å². The fraction of sp³-hybridized carbons (Fsp3) is 0.333. The van der Waals surface area contributed by atoms with Crippen molar-refractivity contribution in [3.05, 3.63) is 76.8 Å². The van der Waals surface area contributed by atoms with Gasteiger partial charge in [0.25, 0.3) is 5.91 Å². The molecule has 4 heterocycles. The molecule has 0 bridgehead atoms. The molecule has 1 amide bonds. The molecule has 1 fully saturated rings. The van der Waals surface area contributed by atoms with Crippen LogP contribution in [0.1, 0.15) is 34.5 Å². The van der Waals surface area contributed by atoms with Gasteiger partial charge in [-0.25, -0.2) is 4.98 Å². The van der Waals surface area contributed by atoms with Gasteiger partial charge in [-0.15, -0.1) is 11.3 Å². The Labute approximate surface area is 175 Å². The molecule has 5 heteroatoms. The molecular weight excluding hydrogens is 378 g/mol. The van der Waals surface area contributed by atoms with Gasteiger partial charge in [0, 0.05) is 32.2 Å². The van der Waals surface area contributed by atoms with Gasteiger partial charge in [0.05, 0.1) is 10.6 Å². The number of carbonyl (C=O) groups is 1. The molecule has 29 heavy (non-hydrogen) atoms. The normalized spacial score (nSPS) is 17.9. The number of pyridine rings is 1. The predicted octanol–water partition coefficient (Wildman–Crippen LogP) is 4.47. The first-order chi connectivity index (χ1) is 14.3.